The lowest BCUT2D eigenvalue weighted by Crippen LogP contribution is -2.99. The maximum absolute atomic E-state index is 7.27. The first kappa shape index (κ1) is 97.5. The Balaban J connectivity index is 0.000000651. The predicted molar refractivity (Wildman–Crippen MR) is 552 cm³/mol. The molecule has 0 saturated carbocycles. The van der Waals surface area contributed by atoms with Crippen LogP contribution in [-0.2, 0) is 5.41 Å². The molecule has 4 aromatic rings. The van der Waals surface area contributed by atoms with Crippen LogP contribution in [0.1, 0.15) is 25.0 Å². The number of halogens is 1. The minimum atomic E-state index is -1.80. The van der Waals surface area contributed by atoms with Crippen molar-refractivity contribution in [2.45, 2.75) is 19.3 Å². The second kappa shape index (κ2) is 43.8. The van der Waals surface area contributed by atoms with E-state index in [1.165, 1.54) is 27.8 Å². The minimum absolute atomic E-state index is 0.0107. The molecule has 1 nitrogen and oxygen atoms in total. The molecule has 1 aliphatic carbocycles. The third-order valence-electron chi connectivity index (χ3n) is 21.6. The standard InChI is InChI=1S/C26H20BrN.B75/c1-26(2)22-9-5-3-8-20(22)21-13-11-17(15-23(21)26)25-14-12-18(16-28-25)19-7-4-6-10-24(19)27;1-39-58(38)68(59(40(2)3)41(4)5)73(69(60(42(6)7)43(8)9)61(44(10)11)45(12)13)75(72(66(54(30)31)55(32)33)67(56(34)35)57(36)37)74(70(62(46(14)15)47(16)17)63(48(18)19)49(20)21)71(64(50(22)23)51(24)25)65(52(26)27)53(28)29/h3-16H,1-2H3;. The summed E-state index contributed by atoms with van der Waals surface area (Å²) in [5, 5.41) is 0. The monoisotopic (exact) mass is 1250 g/mol. The zero-order chi connectivity index (χ0) is 78.8. The van der Waals surface area contributed by atoms with Crippen molar-refractivity contribution >= 4 is 547 Å². The molecular weight excluding hydrogens is 1220 g/mol. The van der Waals surface area contributed by atoms with Crippen LogP contribution >= 0.6 is 15.9 Å². The van der Waals surface area contributed by atoms with Crippen LogP contribution in [0, 0.1) is 0 Å². The third kappa shape index (κ3) is 23.9. The van der Waals surface area contributed by atoms with E-state index in [4.69, 9.17) is 299 Å². The first-order valence-corrected chi connectivity index (χ1v) is 35.0. The fourth-order valence-corrected chi connectivity index (χ4v) is 18.0. The lowest BCUT2D eigenvalue weighted by molar-refractivity contribution is 0.660. The minimum Gasteiger partial charge on any atom is -0.256 e. The number of nitrogens with zero attached hydrogens (tertiary/aromatic N) is 1. The Morgan fingerprint density at radius 1 is 0.272 bits per heavy atom. The molecule has 1 aromatic heterocycles. The Labute approximate surface area is 698 Å². The molecule has 0 atom stereocenters. The molecule has 0 bridgehead atoms. The van der Waals surface area contributed by atoms with E-state index >= 15 is 0 Å². The van der Waals surface area contributed by atoms with Gasteiger partial charge in [-0.1, -0.05) is 90.4 Å². The van der Waals surface area contributed by atoms with Crippen molar-refractivity contribution in [2.24, 2.45) is 0 Å². The fourth-order valence-electron chi connectivity index (χ4n) is 17.5. The number of rotatable bonds is 38. The number of hydrogen-bond donors (Lipinski definition) is 0. The second-order valence-electron chi connectivity index (χ2n) is 28.8. The number of benzene rings is 3. The van der Waals surface area contributed by atoms with E-state index in [1.807, 2.05) is 18.3 Å². The van der Waals surface area contributed by atoms with Gasteiger partial charge < -0.3 is 0 Å². The van der Waals surface area contributed by atoms with E-state index in [9.17, 15) is 0 Å². The summed E-state index contributed by atoms with van der Waals surface area (Å²) < 4.78 is 1.08. The highest BCUT2D eigenvalue weighted by atomic mass is 79.9. The van der Waals surface area contributed by atoms with Crippen LogP contribution in [0.2, 0.25) is 0 Å². The van der Waals surface area contributed by atoms with Gasteiger partial charge in [-0.25, -0.2) is 0 Å². The van der Waals surface area contributed by atoms with Gasteiger partial charge in [-0.2, -0.15) is 0 Å². The Morgan fingerprint density at radius 3 is 0.786 bits per heavy atom. The third-order valence-corrected chi connectivity index (χ3v) is 22.3. The van der Waals surface area contributed by atoms with Crippen molar-refractivity contribution < 1.29 is 0 Å². The molecule has 361 valence electrons. The van der Waals surface area contributed by atoms with Crippen molar-refractivity contribution in [3.05, 3.63) is 101 Å². The van der Waals surface area contributed by atoms with E-state index in [0.29, 0.717) is 0 Å². The van der Waals surface area contributed by atoms with Crippen LogP contribution in [0.25, 0.3) is 33.5 Å². The van der Waals surface area contributed by atoms with Gasteiger partial charge in [-0.3, -0.25) is 4.98 Å². The van der Waals surface area contributed by atoms with Gasteiger partial charge in [0.15, 0.2) is 0 Å². The van der Waals surface area contributed by atoms with Gasteiger partial charge in [-0.15, -0.1) is 0 Å². The smallest absolute Gasteiger partial charge is 0.0702 e. The molecule has 0 unspecified atom stereocenters. The van der Waals surface area contributed by atoms with Crippen molar-refractivity contribution in [2.75, 3.05) is 0 Å². The zero-order valence-electron chi connectivity index (χ0n) is 59.2. The fraction of sp³-hybridized carbons (Fsp3) is 0.115. The van der Waals surface area contributed by atoms with Crippen molar-refractivity contribution in [3.8, 4) is 33.5 Å². The number of aromatic nitrogens is 1. The first-order chi connectivity index (χ1) is 47.7. The predicted octanol–water partition coefficient (Wildman–Crippen LogP) is -21.1. The average Bonchev–Trinajstić information content (AvgIpc) is 1.02. The topological polar surface area (TPSA) is 12.9 Å². The highest BCUT2D eigenvalue weighted by molar-refractivity contribution is 9.10. The highest BCUT2D eigenvalue weighted by Crippen LogP contribution is 2.49. The summed E-state index contributed by atoms with van der Waals surface area (Å²) in [5.41, 5.74) is 9.93. The molecule has 77 heteroatoms. The summed E-state index contributed by atoms with van der Waals surface area (Å²) >= 11 is 3.63. The summed E-state index contributed by atoms with van der Waals surface area (Å²) in [7, 11) is 260. The molecular formula is C26H20B75BrN. The maximum Gasteiger partial charge on any atom is 0.0702 e. The summed E-state index contributed by atoms with van der Waals surface area (Å²) in [6, 6.07) is 28.0. The average molecular weight is 1240 g/mol. The number of fused-ring (bicyclic) bond motifs is 3. The SMILES string of the molecule is CC1(C)c2ccccc2-c2ccc(-c3ccc(-c4ccccc4Br)cn3)cc21.[B][B]B([B])B(B(B([B])[B])B([B])[B])B(B(B(B([B])[B])B([B])[B])B(B([B])[B])B([B])[B])B(B(B(B([B])[B])B([B])[B])B(B([B])[B])B([B])[B])B(B(B(B([B])[B])B([B])[B])B(B([B])[B])B([B])[B])B(B(B([B])[B])B([B])[B])B(B([B])[B])B([B])[B]. The van der Waals surface area contributed by atoms with Gasteiger partial charge >= 0.3 is 0 Å². The lowest BCUT2D eigenvalue weighted by Gasteiger charge is -2.61. The molecule has 77 radical (unpaired) electrons. The molecule has 0 amide bonds. The Bertz CT molecular complexity index is 2930. The van der Waals surface area contributed by atoms with Crippen LogP contribution in [-0.4, -0.2) is 536 Å². The van der Waals surface area contributed by atoms with Gasteiger partial charge in [0, 0.05) is 558 Å². The quantitative estimate of drug-likeness (QED) is 0.0408. The van der Waals surface area contributed by atoms with Gasteiger partial charge in [0.1, 0.15) is 0 Å². The van der Waals surface area contributed by atoms with Crippen LogP contribution < -0.4 is 0 Å². The molecule has 0 fully saturated rings. The Kier molecular flexibility index (Phi) is 41.4. The molecule has 0 saturated heterocycles. The van der Waals surface area contributed by atoms with Crippen LogP contribution in [0.4, 0.5) is 0 Å². The van der Waals surface area contributed by atoms with Gasteiger partial charge in [0.2, 0.25) is 0 Å². The molecule has 1 aliphatic rings. The second-order valence-corrected chi connectivity index (χ2v) is 29.7. The normalized spacial score (nSPS) is 10.9. The van der Waals surface area contributed by atoms with E-state index < -0.39 is 230 Å². The summed E-state index contributed by atoms with van der Waals surface area (Å²) in [6.45, 7) is 4.62. The van der Waals surface area contributed by atoms with Crippen LogP contribution in [0.3, 0.4) is 0 Å². The van der Waals surface area contributed by atoms with Crippen molar-refractivity contribution in [3.63, 3.8) is 0 Å². The van der Waals surface area contributed by atoms with Gasteiger partial charge in [0.25, 0.3) is 0 Å². The molecule has 1 heterocycles. The lowest BCUT2D eigenvalue weighted by atomic mass is 8.21. The Hall–Kier alpha value is 2.16. The molecule has 0 N–H and O–H groups in total. The highest BCUT2D eigenvalue weighted by Gasteiger charge is 2.65. The van der Waals surface area contributed by atoms with Gasteiger partial charge in [0.05, 0.1) is 5.69 Å². The van der Waals surface area contributed by atoms with E-state index in [0.717, 1.165) is 28.4 Å². The summed E-state index contributed by atoms with van der Waals surface area (Å²) in [6.07, 6.45) is -55.6. The summed E-state index contributed by atoms with van der Waals surface area (Å²) in [4.78, 5) is 4.77. The van der Waals surface area contributed by atoms with Gasteiger partial charge in [-0.05, 0) is 46.0 Å². The van der Waals surface area contributed by atoms with E-state index in [2.05, 4.69) is 96.5 Å². The molecule has 5 rings (SSSR count). The summed E-state index contributed by atoms with van der Waals surface area (Å²) in [5.74, 6) is 0. The van der Waals surface area contributed by atoms with Crippen LogP contribution in [0.15, 0.2) is 89.5 Å². The maximum atomic E-state index is 7.27. The first-order valence-electron chi connectivity index (χ1n) is 34.2. The number of hydrogen-bond acceptors (Lipinski definition) is 1. The molecule has 0 spiro atoms. The van der Waals surface area contributed by atoms with Crippen LogP contribution in [0.5, 0.6) is 0 Å². The molecule has 103 heavy (non-hydrogen) atoms. The van der Waals surface area contributed by atoms with Crippen molar-refractivity contribution in [1.82, 2.24) is 4.98 Å². The zero-order valence-corrected chi connectivity index (χ0v) is 60.8. The number of pyridine rings is 1. The Morgan fingerprint density at radius 2 is 0.515 bits per heavy atom. The largest absolute Gasteiger partial charge is 0.256 e. The van der Waals surface area contributed by atoms with E-state index in [1.54, 1.807) is 0 Å². The van der Waals surface area contributed by atoms with Crippen molar-refractivity contribution in [1.29, 1.82) is 0 Å². The van der Waals surface area contributed by atoms with E-state index in [-0.39, 0.29) is 5.41 Å². The molecule has 0 aliphatic heterocycles. The molecule has 3 aromatic carbocycles.